The second kappa shape index (κ2) is 3.55. The van der Waals surface area contributed by atoms with Gasteiger partial charge in [0.05, 0.1) is 9.21 Å². The molecule has 0 bridgehead atoms. The molecule has 0 radical (unpaired) electrons. The fraction of sp³-hybridized carbons (Fsp3) is 0.111. The third-order valence-corrected chi connectivity index (χ3v) is 3.03. The molecular weight excluding hydrogens is 218 g/mol. The van der Waals surface area contributed by atoms with Crippen molar-refractivity contribution in [2.24, 2.45) is 0 Å². The lowest BCUT2D eigenvalue weighted by molar-refractivity contribution is 1.16. The number of rotatable bonds is 1. The van der Waals surface area contributed by atoms with Crippen LogP contribution in [0.4, 0.5) is 5.82 Å². The molecule has 0 aliphatic carbocycles. The molecule has 0 aromatic carbocycles. The lowest BCUT2D eigenvalue weighted by Crippen LogP contribution is -1.97. The molecule has 2 aromatic heterocycles. The van der Waals surface area contributed by atoms with E-state index >= 15 is 0 Å². The van der Waals surface area contributed by atoms with E-state index < -0.39 is 0 Å². The minimum Gasteiger partial charge on any atom is -0.383 e. The van der Waals surface area contributed by atoms with Gasteiger partial charge in [-0.3, -0.25) is 0 Å². The largest absolute Gasteiger partial charge is 0.383 e. The summed E-state index contributed by atoms with van der Waals surface area (Å²) in [6.45, 7) is 1.88. The van der Waals surface area contributed by atoms with Gasteiger partial charge >= 0.3 is 0 Å². The van der Waals surface area contributed by atoms with Crippen molar-refractivity contribution in [3.63, 3.8) is 0 Å². The number of hydrogen-bond acceptors (Lipinski definition) is 4. The van der Waals surface area contributed by atoms with Crippen molar-refractivity contribution in [1.82, 2.24) is 9.97 Å². The average Bonchev–Trinajstić information content (AvgIpc) is 2.57. The number of nitrogens with two attached hydrogens (primary N) is 1. The minimum absolute atomic E-state index is 0.513. The number of nitrogens with zero attached hydrogens (tertiary/aromatic N) is 2. The number of aromatic nitrogens is 2. The van der Waals surface area contributed by atoms with E-state index in [4.69, 9.17) is 17.3 Å². The van der Waals surface area contributed by atoms with Crippen molar-refractivity contribution in [2.75, 3.05) is 5.73 Å². The van der Waals surface area contributed by atoms with Crippen LogP contribution in [0.2, 0.25) is 4.34 Å². The Hall–Kier alpha value is -1.13. The average molecular weight is 226 g/mol. The van der Waals surface area contributed by atoms with Gasteiger partial charge in [-0.05, 0) is 19.1 Å². The normalized spacial score (nSPS) is 10.4. The summed E-state index contributed by atoms with van der Waals surface area (Å²) in [5.74, 6) is 1.14. The maximum Gasteiger partial charge on any atom is 0.171 e. The zero-order valence-corrected chi connectivity index (χ0v) is 9.06. The van der Waals surface area contributed by atoms with E-state index in [0.717, 1.165) is 14.8 Å². The first-order chi connectivity index (χ1) is 6.66. The van der Waals surface area contributed by atoms with Gasteiger partial charge < -0.3 is 5.73 Å². The number of nitrogen functional groups attached to an aromatic ring is 1. The molecule has 2 N–H and O–H groups in total. The summed E-state index contributed by atoms with van der Waals surface area (Å²) in [6.07, 6.45) is 1.71. The zero-order valence-electron chi connectivity index (χ0n) is 7.49. The molecule has 2 rings (SSSR count). The Kier molecular flexibility index (Phi) is 2.39. The van der Waals surface area contributed by atoms with Gasteiger partial charge in [-0.15, -0.1) is 11.3 Å². The standard InChI is InChI=1S/C9H8ClN3S/c1-5-4-12-9(13-8(5)11)6-2-3-7(10)14-6/h2-4H,1H3,(H2,11,12,13). The van der Waals surface area contributed by atoms with Crippen molar-refractivity contribution in [3.05, 3.63) is 28.2 Å². The Morgan fingerprint density at radius 2 is 2.21 bits per heavy atom. The van der Waals surface area contributed by atoms with Crippen LogP contribution in [0.3, 0.4) is 0 Å². The van der Waals surface area contributed by atoms with Gasteiger partial charge in [-0.25, -0.2) is 9.97 Å². The van der Waals surface area contributed by atoms with Gasteiger partial charge in [0.15, 0.2) is 5.82 Å². The molecule has 3 nitrogen and oxygen atoms in total. The molecule has 2 aromatic rings. The van der Waals surface area contributed by atoms with Crippen LogP contribution in [-0.4, -0.2) is 9.97 Å². The molecule has 0 amide bonds. The molecule has 0 saturated heterocycles. The summed E-state index contributed by atoms with van der Waals surface area (Å²) in [5.41, 5.74) is 6.57. The van der Waals surface area contributed by atoms with Crippen LogP contribution in [0.15, 0.2) is 18.3 Å². The maximum absolute atomic E-state index is 5.81. The second-order valence-electron chi connectivity index (χ2n) is 2.87. The molecule has 0 unspecified atom stereocenters. The van der Waals surface area contributed by atoms with Crippen molar-refractivity contribution in [2.45, 2.75) is 6.92 Å². The Bertz CT molecular complexity index is 467. The van der Waals surface area contributed by atoms with Gasteiger partial charge in [0.25, 0.3) is 0 Å². The lowest BCUT2D eigenvalue weighted by Gasteiger charge is -1.99. The van der Waals surface area contributed by atoms with Crippen molar-refractivity contribution >= 4 is 28.8 Å². The number of hydrogen-bond donors (Lipinski definition) is 1. The Morgan fingerprint density at radius 3 is 2.79 bits per heavy atom. The van der Waals surface area contributed by atoms with E-state index in [1.165, 1.54) is 11.3 Å². The minimum atomic E-state index is 0.513. The number of thiophene rings is 1. The number of halogens is 1. The first kappa shape index (κ1) is 9.43. The first-order valence-corrected chi connectivity index (χ1v) is 5.21. The highest BCUT2D eigenvalue weighted by atomic mass is 35.5. The molecule has 72 valence electrons. The predicted molar refractivity (Wildman–Crippen MR) is 59.5 cm³/mol. The number of anilines is 1. The highest BCUT2D eigenvalue weighted by Gasteiger charge is 2.05. The summed E-state index contributed by atoms with van der Waals surface area (Å²) >= 11 is 7.25. The topological polar surface area (TPSA) is 51.8 Å². The molecule has 0 spiro atoms. The van der Waals surface area contributed by atoms with Gasteiger partial charge in [-0.2, -0.15) is 0 Å². The van der Waals surface area contributed by atoms with E-state index in [0.29, 0.717) is 11.6 Å². The molecule has 0 saturated carbocycles. The van der Waals surface area contributed by atoms with Crippen molar-refractivity contribution in [1.29, 1.82) is 0 Å². The molecule has 0 fully saturated rings. The summed E-state index contributed by atoms with van der Waals surface area (Å²) in [5, 5.41) is 0. The summed E-state index contributed by atoms with van der Waals surface area (Å²) in [4.78, 5) is 9.29. The molecule has 0 atom stereocenters. The molecule has 5 heteroatoms. The maximum atomic E-state index is 5.81. The van der Waals surface area contributed by atoms with E-state index in [-0.39, 0.29) is 0 Å². The van der Waals surface area contributed by atoms with Crippen LogP contribution in [0.1, 0.15) is 5.56 Å². The SMILES string of the molecule is Cc1cnc(-c2ccc(Cl)s2)nc1N. The molecule has 0 aliphatic heterocycles. The van der Waals surface area contributed by atoms with Gasteiger partial charge in [0, 0.05) is 11.8 Å². The van der Waals surface area contributed by atoms with Gasteiger partial charge in [-0.1, -0.05) is 11.6 Å². The first-order valence-electron chi connectivity index (χ1n) is 4.01. The molecule has 0 aliphatic rings. The van der Waals surface area contributed by atoms with E-state index in [2.05, 4.69) is 9.97 Å². The van der Waals surface area contributed by atoms with E-state index in [1.807, 2.05) is 19.1 Å². The lowest BCUT2D eigenvalue weighted by atomic mass is 10.3. The smallest absolute Gasteiger partial charge is 0.171 e. The summed E-state index contributed by atoms with van der Waals surface area (Å²) in [7, 11) is 0. The monoisotopic (exact) mass is 225 g/mol. The highest BCUT2D eigenvalue weighted by Crippen LogP contribution is 2.29. The van der Waals surface area contributed by atoms with Crippen LogP contribution in [0.25, 0.3) is 10.7 Å². The molecular formula is C9H8ClN3S. The van der Waals surface area contributed by atoms with E-state index in [1.54, 1.807) is 6.20 Å². The summed E-state index contributed by atoms with van der Waals surface area (Å²) < 4.78 is 0.725. The fourth-order valence-electron chi connectivity index (χ4n) is 1.01. The van der Waals surface area contributed by atoms with Gasteiger partial charge in [0.1, 0.15) is 5.82 Å². The van der Waals surface area contributed by atoms with Crippen LogP contribution in [-0.2, 0) is 0 Å². The Morgan fingerprint density at radius 1 is 1.43 bits per heavy atom. The predicted octanol–water partition coefficient (Wildman–Crippen LogP) is 2.75. The number of aryl methyl sites for hydroxylation is 1. The second-order valence-corrected chi connectivity index (χ2v) is 4.58. The third kappa shape index (κ3) is 1.71. The van der Waals surface area contributed by atoms with Crippen molar-refractivity contribution < 1.29 is 0 Å². The van der Waals surface area contributed by atoms with Crippen molar-refractivity contribution in [3.8, 4) is 10.7 Å². The summed E-state index contributed by atoms with van der Waals surface area (Å²) in [6, 6.07) is 3.71. The highest BCUT2D eigenvalue weighted by molar-refractivity contribution is 7.19. The van der Waals surface area contributed by atoms with Crippen LogP contribution < -0.4 is 5.73 Å². The fourth-order valence-corrected chi connectivity index (χ4v) is 1.99. The quantitative estimate of drug-likeness (QED) is 0.812. The van der Waals surface area contributed by atoms with Crippen LogP contribution >= 0.6 is 22.9 Å². The Labute approximate surface area is 90.6 Å². The van der Waals surface area contributed by atoms with Crippen LogP contribution in [0.5, 0.6) is 0 Å². The molecule has 14 heavy (non-hydrogen) atoms. The zero-order chi connectivity index (χ0) is 10.1. The van der Waals surface area contributed by atoms with Crippen LogP contribution in [0, 0.1) is 6.92 Å². The van der Waals surface area contributed by atoms with E-state index in [9.17, 15) is 0 Å². The molecule has 2 heterocycles. The third-order valence-electron chi connectivity index (χ3n) is 1.80. The van der Waals surface area contributed by atoms with Gasteiger partial charge in [0.2, 0.25) is 0 Å². The Balaban J connectivity index is 2.47.